The van der Waals surface area contributed by atoms with Crippen LogP contribution >= 0.6 is 0 Å². The second kappa shape index (κ2) is 14.1. The summed E-state index contributed by atoms with van der Waals surface area (Å²) in [5.41, 5.74) is 4.29. The molecule has 8 heteroatoms. The summed E-state index contributed by atoms with van der Waals surface area (Å²) < 4.78 is 22.0. The lowest BCUT2D eigenvalue weighted by Gasteiger charge is -2.26. The minimum Gasteiger partial charge on any atom is -0.462 e. The first-order valence-corrected chi connectivity index (χ1v) is 15.6. The molecule has 0 unspecified atom stereocenters. The highest BCUT2D eigenvalue weighted by atomic mass is 16.5. The molecule has 8 nitrogen and oxygen atoms in total. The molecule has 2 aromatic rings. The second-order valence-corrected chi connectivity index (χ2v) is 12.2. The molecule has 0 heterocycles. The normalized spacial score (nSPS) is 23.8. The number of ether oxygens (including phenoxy) is 4. The van der Waals surface area contributed by atoms with Crippen LogP contribution in [0.3, 0.4) is 0 Å². The quantitative estimate of drug-likeness (QED) is 0.169. The summed E-state index contributed by atoms with van der Waals surface area (Å²) in [6, 6.07) is 11.5. The van der Waals surface area contributed by atoms with Crippen LogP contribution in [0.15, 0.2) is 61.7 Å². The Kier molecular flexibility index (Phi) is 9.98. The van der Waals surface area contributed by atoms with Gasteiger partial charge in [-0.25, -0.2) is 9.59 Å². The van der Waals surface area contributed by atoms with Gasteiger partial charge in [0.25, 0.3) is 0 Å². The Morgan fingerprint density at radius 2 is 1.05 bits per heavy atom. The summed E-state index contributed by atoms with van der Waals surface area (Å²) in [5.74, 6) is -0.0448. The van der Waals surface area contributed by atoms with Gasteiger partial charge in [-0.3, -0.25) is 9.59 Å². The monoisotopic (exact) mass is 600 g/mol. The molecule has 3 aliphatic rings. The van der Waals surface area contributed by atoms with Crippen LogP contribution in [0, 0.1) is 23.7 Å². The molecule has 0 N–H and O–H groups in total. The molecular formula is C36H40O8. The highest BCUT2D eigenvalue weighted by molar-refractivity contribution is 5.83. The Hall–Kier alpha value is -4.20. The van der Waals surface area contributed by atoms with Gasteiger partial charge in [0.15, 0.2) is 0 Å². The highest BCUT2D eigenvalue weighted by Crippen LogP contribution is 2.47. The third-order valence-electron chi connectivity index (χ3n) is 9.32. The molecule has 0 spiro atoms. The molecule has 44 heavy (non-hydrogen) atoms. The van der Waals surface area contributed by atoms with Crippen molar-refractivity contribution in [3.63, 3.8) is 0 Å². The van der Waals surface area contributed by atoms with E-state index in [1.165, 1.54) is 0 Å². The number of hydrogen-bond donors (Lipinski definition) is 0. The maximum absolute atomic E-state index is 13.0. The van der Waals surface area contributed by atoms with Crippen LogP contribution in [-0.2, 0) is 28.7 Å². The molecule has 0 aliphatic heterocycles. The van der Waals surface area contributed by atoms with Gasteiger partial charge in [-0.15, -0.1) is 0 Å². The average molecular weight is 601 g/mol. The van der Waals surface area contributed by atoms with E-state index >= 15 is 0 Å². The van der Waals surface area contributed by atoms with Crippen molar-refractivity contribution < 1.29 is 38.1 Å². The number of hydrogen-bond acceptors (Lipinski definition) is 8. The lowest BCUT2D eigenvalue weighted by atomic mass is 9.82. The lowest BCUT2D eigenvalue weighted by molar-refractivity contribution is -0.143. The Bertz CT molecular complexity index is 1320. The minimum atomic E-state index is -0.419. The first-order chi connectivity index (χ1) is 21.2. The van der Waals surface area contributed by atoms with Crippen LogP contribution < -0.4 is 9.47 Å². The average Bonchev–Trinajstić information content (AvgIpc) is 3.32. The zero-order chi connectivity index (χ0) is 31.2. The van der Waals surface area contributed by atoms with Crippen LogP contribution in [0.1, 0.15) is 75.3 Å². The third kappa shape index (κ3) is 7.29. The Morgan fingerprint density at radius 1 is 0.659 bits per heavy atom. The number of benzene rings is 2. The summed E-state index contributed by atoms with van der Waals surface area (Å²) in [4.78, 5) is 48.6. The van der Waals surface area contributed by atoms with E-state index in [-0.39, 0.29) is 41.5 Å². The van der Waals surface area contributed by atoms with Crippen LogP contribution in [0.2, 0.25) is 0 Å². The second-order valence-electron chi connectivity index (χ2n) is 12.2. The van der Waals surface area contributed by atoms with E-state index in [0.29, 0.717) is 50.4 Å². The molecule has 2 saturated carbocycles. The third-order valence-corrected chi connectivity index (χ3v) is 9.32. The van der Waals surface area contributed by atoms with Gasteiger partial charge in [-0.05, 0) is 110 Å². The van der Waals surface area contributed by atoms with E-state index in [0.717, 1.165) is 60.1 Å². The maximum atomic E-state index is 13.0. The molecule has 2 aromatic carbocycles. The highest BCUT2D eigenvalue weighted by Gasteiger charge is 2.32. The number of rotatable bonds is 10. The Morgan fingerprint density at radius 3 is 1.41 bits per heavy atom. The summed E-state index contributed by atoms with van der Waals surface area (Å²) in [5, 5.41) is 0. The smallest absolute Gasteiger partial charge is 0.330 e. The summed E-state index contributed by atoms with van der Waals surface area (Å²) in [6.07, 6.45) is 8.37. The number of carbonyl (C=O) groups excluding carboxylic acids is 4. The van der Waals surface area contributed by atoms with E-state index in [9.17, 15) is 19.2 Å². The van der Waals surface area contributed by atoms with Crippen molar-refractivity contribution in [1.29, 1.82) is 0 Å². The molecule has 5 rings (SSSR count). The molecule has 0 amide bonds. The molecule has 0 bridgehead atoms. The molecule has 2 fully saturated rings. The van der Waals surface area contributed by atoms with E-state index < -0.39 is 11.9 Å². The van der Waals surface area contributed by atoms with E-state index in [1.54, 1.807) is 0 Å². The molecule has 0 aromatic heterocycles. The first-order valence-electron chi connectivity index (χ1n) is 15.6. The molecule has 232 valence electrons. The van der Waals surface area contributed by atoms with Crippen LogP contribution in [0.5, 0.6) is 11.5 Å². The number of esters is 4. The van der Waals surface area contributed by atoms with Gasteiger partial charge in [-0.1, -0.05) is 32.2 Å². The summed E-state index contributed by atoms with van der Waals surface area (Å²) in [7, 11) is 0. The number of fused-ring (bicyclic) bond motifs is 3. The van der Waals surface area contributed by atoms with Crippen LogP contribution in [0.4, 0.5) is 0 Å². The first kappa shape index (κ1) is 31.2. The lowest BCUT2D eigenvalue weighted by Crippen LogP contribution is -2.27. The maximum Gasteiger partial charge on any atom is 0.330 e. The van der Waals surface area contributed by atoms with Gasteiger partial charge in [0.05, 0.1) is 25.0 Å². The van der Waals surface area contributed by atoms with E-state index in [4.69, 9.17) is 18.9 Å². The fraction of sp³-hybridized carbons (Fsp3) is 0.444. The SMILES string of the molecule is C=CC(=O)OCC1CCC(C(=O)Oc2ccc3c(c2)C(C)c2cc(OC(=O)C4CCC(COC(=O)C=C)CC4)ccc2-3)CC1. The summed E-state index contributed by atoms with van der Waals surface area (Å²) in [6.45, 7) is 9.64. The van der Waals surface area contributed by atoms with E-state index in [2.05, 4.69) is 20.1 Å². The van der Waals surface area contributed by atoms with Crippen molar-refractivity contribution in [3.05, 3.63) is 72.8 Å². The fourth-order valence-electron chi connectivity index (χ4n) is 6.63. The largest absolute Gasteiger partial charge is 0.462 e. The fourth-order valence-corrected chi connectivity index (χ4v) is 6.63. The van der Waals surface area contributed by atoms with Crippen LogP contribution in [0.25, 0.3) is 11.1 Å². The van der Waals surface area contributed by atoms with Gasteiger partial charge in [0.1, 0.15) is 11.5 Å². The van der Waals surface area contributed by atoms with Gasteiger partial charge < -0.3 is 18.9 Å². The molecule has 0 atom stereocenters. The van der Waals surface area contributed by atoms with E-state index in [1.807, 2.05) is 36.4 Å². The van der Waals surface area contributed by atoms with Gasteiger partial charge in [-0.2, -0.15) is 0 Å². The minimum absolute atomic E-state index is 0.0414. The van der Waals surface area contributed by atoms with Crippen molar-refractivity contribution in [3.8, 4) is 22.6 Å². The molecular weight excluding hydrogens is 560 g/mol. The standard InChI is InChI=1S/C36H40O8/c1-4-33(37)41-20-23-6-10-25(11-7-23)35(39)43-27-14-16-29-30-17-15-28(19-32(30)22(3)31(29)18-27)44-36(40)26-12-8-24(9-13-26)21-42-34(38)5-2/h4-5,14-19,22-26H,1-2,6-13,20-21H2,3H3. The van der Waals surface area contributed by atoms with Crippen molar-refractivity contribution in [2.45, 2.75) is 64.2 Å². The van der Waals surface area contributed by atoms with Crippen molar-refractivity contribution >= 4 is 23.9 Å². The predicted octanol–water partition coefficient (Wildman–Crippen LogP) is 6.70. The van der Waals surface area contributed by atoms with Crippen molar-refractivity contribution in [1.82, 2.24) is 0 Å². The Balaban J connectivity index is 1.14. The molecule has 3 aliphatic carbocycles. The molecule has 0 saturated heterocycles. The zero-order valence-electron chi connectivity index (χ0n) is 25.3. The van der Waals surface area contributed by atoms with Crippen LogP contribution in [-0.4, -0.2) is 37.1 Å². The van der Waals surface area contributed by atoms with Gasteiger partial charge in [0.2, 0.25) is 0 Å². The predicted molar refractivity (Wildman–Crippen MR) is 164 cm³/mol. The Labute approximate surface area is 258 Å². The van der Waals surface area contributed by atoms with Crippen molar-refractivity contribution in [2.24, 2.45) is 23.7 Å². The zero-order valence-corrected chi connectivity index (χ0v) is 25.3. The number of carbonyl (C=O) groups is 4. The van der Waals surface area contributed by atoms with Gasteiger partial charge >= 0.3 is 23.9 Å². The van der Waals surface area contributed by atoms with Crippen molar-refractivity contribution in [2.75, 3.05) is 13.2 Å². The molecule has 0 radical (unpaired) electrons. The topological polar surface area (TPSA) is 105 Å². The van der Waals surface area contributed by atoms with Gasteiger partial charge in [0, 0.05) is 18.1 Å². The summed E-state index contributed by atoms with van der Waals surface area (Å²) >= 11 is 0.